The van der Waals surface area contributed by atoms with Gasteiger partial charge in [-0.3, -0.25) is 0 Å². The molecule has 1 heteroatoms. The van der Waals surface area contributed by atoms with Crippen molar-refractivity contribution in [1.82, 2.24) is 0 Å². The Labute approximate surface area is 91.5 Å². The van der Waals surface area contributed by atoms with Crippen molar-refractivity contribution in [2.45, 2.75) is 26.7 Å². The van der Waals surface area contributed by atoms with Crippen LogP contribution < -0.4 is 5.32 Å². The molecule has 78 valence electrons. The Morgan fingerprint density at radius 3 is 2.27 bits per heavy atom. The summed E-state index contributed by atoms with van der Waals surface area (Å²) in [6.07, 6.45) is 6.67. The van der Waals surface area contributed by atoms with Gasteiger partial charge in [0.1, 0.15) is 0 Å². The summed E-state index contributed by atoms with van der Waals surface area (Å²) in [5, 5.41) is 3.45. The number of allylic oxidation sites excluding steroid dienone is 4. The number of nitrogens with one attached hydrogen (secondary N) is 1. The van der Waals surface area contributed by atoms with Crippen molar-refractivity contribution in [2.24, 2.45) is 0 Å². The minimum atomic E-state index is 1.12. The second-order valence-corrected chi connectivity index (χ2v) is 4.20. The lowest BCUT2D eigenvalue weighted by Crippen LogP contribution is -2.02. The molecule has 1 aromatic carbocycles. The molecule has 0 aromatic heterocycles. The largest absolute Gasteiger partial charge is 0.359 e. The topological polar surface area (TPSA) is 12.0 Å². The molecule has 1 aliphatic carbocycles. The molecule has 0 spiro atoms. The highest BCUT2D eigenvalue weighted by molar-refractivity contribution is 5.50. The molecule has 0 aliphatic heterocycles. The van der Waals surface area contributed by atoms with Gasteiger partial charge < -0.3 is 5.32 Å². The molecule has 0 fully saturated rings. The molecule has 1 nitrogen and oxygen atoms in total. The van der Waals surface area contributed by atoms with Gasteiger partial charge in [-0.1, -0.05) is 29.3 Å². The smallest absolute Gasteiger partial charge is 0.0381 e. The first kappa shape index (κ1) is 10.0. The van der Waals surface area contributed by atoms with E-state index < -0.39 is 0 Å². The lowest BCUT2D eigenvalue weighted by atomic mass is 10.0. The summed E-state index contributed by atoms with van der Waals surface area (Å²) in [7, 11) is 0. The van der Waals surface area contributed by atoms with E-state index in [0.29, 0.717) is 0 Å². The van der Waals surface area contributed by atoms with E-state index in [2.05, 4.69) is 55.6 Å². The lowest BCUT2D eigenvalue weighted by Gasteiger charge is -2.14. The van der Waals surface area contributed by atoms with Gasteiger partial charge in [-0.2, -0.15) is 0 Å². The molecule has 0 heterocycles. The zero-order valence-electron chi connectivity index (χ0n) is 9.38. The van der Waals surface area contributed by atoms with Crippen LogP contribution >= 0.6 is 0 Å². The Bertz CT molecular complexity index is 396. The SMILES string of the molecule is CC1=CC=C(Nc2ccc(C)cc2)CC1. The molecule has 1 N–H and O–H groups in total. The van der Waals surface area contributed by atoms with Crippen molar-refractivity contribution in [3.8, 4) is 0 Å². The first-order valence-electron chi connectivity index (χ1n) is 5.44. The molecule has 1 aromatic rings. The van der Waals surface area contributed by atoms with E-state index in [1.807, 2.05) is 0 Å². The molecule has 0 atom stereocenters. The van der Waals surface area contributed by atoms with Crippen LogP contribution in [0.5, 0.6) is 0 Å². The monoisotopic (exact) mass is 199 g/mol. The normalized spacial score (nSPS) is 15.6. The third kappa shape index (κ3) is 2.72. The maximum atomic E-state index is 3.45. The molecule has 0 amide bonds. The number of aryl methyl sites for hydroxylation is 1. The van der Waals surface area contributed by atoms with Crippen LogP contribution in [0.3, 0.4) is 0 Å². The fourth-order valence-corrected chi connectivity index (χ4v) is 1.67. The Balaban J connectivity index is 2.06. The zero-order chi connectivity index (χ0) is 10.7. The molecule has 0 saturated heterocycles. The first-order chi connectivity index (χ1) is 7.24. The first-order valence-corrected chi connectivity index (χ1v) is 5.44. The van der Waals surface area contributed by atoms with Crippen LogP contribution in [0.15, 0.2) is 47.7 Å². The zero-order valence-corrected chi connectivity index (χ0v) is 9.38. The Morgan fingerprint density at radius 1 is 0.933 bits per heavy atom. The van der Waals surface area contributed by atoms with Crippen LogP contribution in [-0.4, -0.2) is 0 Å². The number of hydrogen-bond donors (Lipinski definition) is 1. The fraction of sp³-hybridized carbons (Fsp3) is 0.286. The minimum Gasteiger partial charge on any atom is -0.359 e. The summed E-state index contributed by atoms with van der Waals surface area (Å²) in [6.45, 7) is 4.29. The third-order valence-electron chi connectivity index (χ3n) is 2.71. The molecule has 0 radical (unpaired) electrons. The van der Waals surface area contributed by atoms with Gasteiger partial charge in [0.25, 0.3) is 0 Å². The van der Waals surface area contributed by atoms with E-state index in [1.54, 1.807) is 0 Å². The number of benzene rings is 1. The van der Waals surface area contributed by atoms with Gasteiger partial charge in [-0.15, -0.1) is 0 Å². The third-order valence-corrected chi connectivity index (χ3v) is 2.71. The van der Waals surface area contributed by atoms with Gasteiger partial charge in [0.15, 0.2) is 0 Å². The molecule has 1 aliphatic rings. The van der Waals surface area contributed by atoms with Crippen LogP contribution in [0, 0.1) is 6.92 Å². The van der Waals surface area contributed by atoms with Gasteiger partial charge in [-0.25, -0.2) is 0 Å². The van der Waals surface area contributed by atoms with Gasteiger partial charge >= 0.3 is 0 Å². The Hall–Kier alpha value is -1.50. The average molecular weight is 199 g/mol. The van der Waals surface area contributed by atoms with Gasteiger partial charge in [0.2, 0.25) is 0 Å². The number of rotatable bonds is 2. The molecule has 2 rings (SSSR count). The summed E-state index contributed by atoms with van der Waals surface area (Å²) in [4.78, 5) is 0. The van der Waals surface area contributed by atoms with Crippen molar-refractivity contribution >= 4 is 5.69 Å². The highest BCUT2D eigenvalue weighted by Crippen LogP contribution is 2.20. The van der Waals surface area contributed by atoms with Crippen LogP contribution in [0.25, 0.3) is 0 Å². The summed E-state index contributed by atoms with van der Waals surface area (Å²) in [5.41, 5.74) is 5.25. The number of anilines is 1. The molecule has 0 unspecified atom stereocenters. The standard InChI is InChI=1S/C14H17N/c1-11-3-7-13(8-4-11)15-14-9-5-12(2)6-10-14/h3-5,7-9,15H,6,10H2,1-2H3. The molecule has 0 bridgehead atoms. The number of hydrogen-bond acceptors (Lipinski definition) is 1. The van der Waals surface area contributed by atoms with E-state index in [9.17, 15) is 0 Å². The quantitative estimate of drug-likeness (QED) is 0.758. The maximum Gasteiger partial charge on any atom is 0.0381 e. The van der Waals surface area contributed by atoms with Gasteiger partial charge in [-0.05, 0) is 44.9 Å². The summed E-state index contributed by atoms with van der Waals surface area (Å²) in [6, 6.07) is 8.52. The van der Waals surface area contributed by atoms with Crippen molar-refractivity contribution in [3.63, 3.8) is 0 Å². The highest BCUT2D eigenvalue weighted by atomic mass is 14.9. The van der Waals surface area contributed by atoms with Gasteiger partial charge in [0.05, 0.1) is 0 Å². The Kier molecular flexibility index (Phi) is 2.91. The maximum absolute atomic E-state index is 3.45. The van der Waals surface area contributed by atoms with Crippen molar-refractivity contribution < 1.29 is 0 Å². The molecule has 0 saturated carbocycles. The second-order valence-electron chi connectivity index (χ2n) is 4.20. The minimum absolute atomic E-state index is 1.12. The lowest BCUT2D eigenvalue weighted by molar-refractivity contribution is 0.910. The van der Waals surface area contributed by atoms with E-state index in [-0.39, 0.29) is 0 Å². The fourth-order valence-electron chi connectivity index (χ4n) is 1.67. The van der Waals surface area contributed by atoms with E-state index in [0.717, 1.165) is 6.42 Å². The van der Waals surface area contributed by atoms with Crippen molar-refractivity contribution in [1.29, 1.82) is 0 Å². The van der Waals surface area contributed by atoms with Crippen LogP contribution in [-0.2, 0) is 0 Å². The molecule has 15 heavy (non-hydrogen) atoms. The predicted molar refractivity (Wildman–Crippen MR) is 65.9 cm³/mol. The summed E-state index contributed by atoms with van der Waals surface area (Å²) >= 11 is 0. The van der Waals surface area contributed by atoms with Crippen molar-refractivity contribution in [3.05, 3.63) is 53.3 Å². The summed E-state index contributed by atoms with van der Waals surface area (Å²) < 4.78 is 0. The second kappa shape index (κ2) is 4.35. The van der Waals surface area contributed by atoms with E-state index in [1.165, 1.54) is 28.9 Å². The average Bonchev–Trinajstić information content (AvgIpc) is 2.25. The van der Waals surface area contributed by atoms with E-state index in [4.69, 9.17) is 0 Å². The highest BCUT2D eigenvalue weighted by Gasteiger charge is 2.02. The predicted octanol–water partition coefficient (Wildman–Crippen LogP) is 4.03. The Morgan fingerprint density at radius 2 is 1.67 bits per heavy atom. The molecular weight excluding hydrogens is 182 g/mol. The van der Waals surface area contributed by atoms with Crippen LogP contribution in [0.1, 0.15) is 25.3 Å². The van der Waals surface area contributed by atoms with Crippen LogP contribution in [0.2, 0.25) is 0 Å². The summed E-state index contributed by atoms with van der Waals surface area (Å²) in [5.74, 6) is 0. The van der Waals surface area contributed by atoms with E-state index >= 15 is 0 Å². The van der Waals surface area contributed by atoms with Crippen molar-refractivity contribution in [2.75, 3.05) is 5.32 Å². The van der Waals surface area contributed by atoms with Crippen LogP contribution in [0.4, 0.5) is 5.69 Å². The van der Waals surface area contributed by atoms with Gasteiger partial charge in [0, 0.05) is 11.4 Å². The molecular formula is C14H17N.